The van der Waals surface area contributed by atoms with Gasteiger partial charge < -0.3 is 10.4 Å². The Bertz CT molecular complexity index is 142. The summed E-state index contributed by atoms with van der Waals surface area (Å²) < 4.78 is 0. The van der Waals surface area contributed by atoms with E-state index >= 15 is 0 Å². The standard InChI is InChI=1S/C9H17NO/c1-9(11)5-7-3-2-4-8(6-9)10-7/h7-8,10-11H,2-6H2,1H3. The fourth-order valence-corrected chi connectivity index (χ4v) is 2.58. The smallest absolute Gasteiger partial charge is 0.0649 e. The van der Waals surface area contributed by atoms with Gasteiger partial charge in [-0.25, -0.2) is 0 Å². The molecular formula is C9H17NO. The van der Waals surface area contributed by atoms with Crippen molar-refractivity contribution in [2.45, 2.75) is 56.7 Å². The highest BCUT2D eigenvalue weighted by Gasteiger charge is 2.36. The molecule has 2 aliphatic heterocycles. The van der Waals surface area contributed by atoms with Crippen LogP contribution in [0.3, 0.4) is 0 Å². The van der Waals surface area contributed by atoms with E-state index in [2.05, 4.69) is 5.32 Å². The lowest BCUT2D eigenvalue weighted by atomic mass is 9.78. The Hall–Kier alpha value is -0.0800. The predicted octanol–water partition coefficient (Wildman–Crippen LogP) is 1.04. The molecule has 0 spiro atoms. The molecule has 0 aromatic rings. The Morgan fingerprint density at radius 3 is 2.36 bits per heavy atom. The van der Waals surface area contributed by atoms with Gasteiger partial charge in [-0.3, -0.25) is 0 Å². The number of rotatable bonds is 0. The summed E-state index contributed by atoms with van der Waals surface area (Å²) >= 11 is 0. The topological polar surface area (TPSA) is 32.3 Å². The van der Waals surface area contributed by atoms with Gasteiger partial charge >= 0.3 is 0 Å². The van der Waals surface area contributed by atoms with Crippen molar-refractivity contribution in [2.24, 2.45) is 0 Å². The maximum absolute atomic E-state index is 9.84. The summed E-state index contributed by atoms with van der Waals surface area (Å²) in [4.78, 5) is 0. The van der Waals surface area contributed by atoms with Gasteiger partial charge in [-0.2, -0.15) is 0 Å². The van der Waals surface area contributed by atoms with E-state index in [1.165, 1.54) is 19.3 Å². The first-order chi connectivity index (χ1) is 5.16. The Morgan fingerprint density at radius 2 is 1.82 bits per heavy atom. The maximum Gasteiger partial charge on any atom is 0.0649 e. The van der Waals surface area contributed by atoms with E-state index in [1.54, 1.807) is 0 Å². The summed E-state index contributed by atoms with van der Waals surface area (Å²) in [6.45, 7) is 1.97. The van der Waals surface area contributed by atoms with Crippen molar-refractivity contribution in [3.63, 3.8) is 0 Å². The van der Waals surface area contributed by atoms with Crippen LogP contribution in [-0.2, 0) is 0 Å². The average Bonchev–Trinajstić information content (AvgIpc) is 1.82. The molecule has 2 bridgehead atoms. The second-order valence-corrected chi connectivity index (χ2v) is 4.40. The van der Waals surface area contributed by atoms with Gasteiger partial charge in [0.2, 0.25) is 0 Å². The third-order valence-corrected chi connectivity index (χ3v) is 2.95. The van der Waals surface area contributed by atoms with Crippen LogP contribution in [0.5, 0.6) is 0 Å². The van der Waals surface area contributed by atoms with Gasteiger partial charge in [0.05, 0.1) is 5.60 Å². The molecule has 0 saturated carbocycles. The number of piperidine rings is 2. The summed E-state index contributed by atoms with van der Waals surface area (Å²) in [5.41, 5.74) is -0.388. The third-order valence-electron chi connectivity index (χ3n) is 2.95. The van der Waals surface area contributed by atoms with Gasteiger partial charge in [-0.15, -0.1) is 0 Å². The zero-order chi connectivity index (χ0) is 7.90. The molecule has 2 atom stereocenters. The van der Waals surface area contributed by atoms with Gasteiger partial charge in [0.25, 0.3) is 0 Å². The van der Waals surface area contributed by atoms with Crippen LogP contribution in [0.25, 0.3) is 0 Å². The third kappa shape index (κ3) is 1.57. The fraction of sp³-hybridized carbons (Fsp3) is 1.00. The quantitative estimate of drug-likeness (QED) is 0.548. The fourth-order valence-electron chi connectivity index (χ4n) is 2.58. The molecule has 2 fully saturated rings. The molecule has 2 unspecified atom stereocenters. The van der Waals surface area contributed by atoms with Gasteiger partial charge in [-0.1, -0.05) is 6.42 Å². The minimum Gasteiger partial charge on any atom is -0.390 e. The number of fused-ring (bicyclic) bond motifs is 2. The molecule has 2 aliphatic rings. The van der Waals surface area contributed by atoms with Gasteiger partial charge in [0, 0.05) is 12.1 Å². The van der Waals surface area contributed by atoms with E-state index in [-0.39, 0.29) is 5.60 Å². The van der Waals surface area contributed by atoms with E-state index in [4.69, 9.17) is 0 Å². The Morgan fingerprint density at radius 1 is 1.27 bits per heavy atom. The number of nitrogens with one attached hydrogen (secondary N) is 1. The predicted molar refractivity (Wildman–Crippen MR) is 44.4 cm³/mol. The van der Waals surface area contributed by atoms with E-state index in [0.29, 0.717) is 12.1 Å². The van der Waals surface area contributed by atoms with Crippen LogP contribution >= 0.6 is 0 Å². The summed E-state index contributed by atoms with van der Waals surface area (Å²) in [6, 6.07) is 1.19. The molecule has 0 aromatic heterocycles. The largest absolute Gasteiger partial charge is 0.390 e. The van der Waals surface area contributed by atoms with Gasteiger partial charge in [0.1, 0.15) is 0 Å². The van der Waals surface area contributed by atoms with E-state index in [9.17, 15) is 5.11 Å². The van der Waals surface area contributed by atoms with Crippen LogP contribution in [0.2, 0.25) is 0 Å². The molecule has 0 amide bonds. The van der Waals surface area contributed by atoms with Crippen molar-refractivity contribution in [1.82, 2.24) is 5.32 Å². The summed E-state index contributed by atoms with van der Waals surface area (Å²) in [7, 11) is 0. The molecule has 0 aromatic carbocycles. The number of aliphatic hydroxyl groups is 1. The first kappa shape index (κ1) is 7.56. The Balaban J connectivity index is 2.05. The van der Waals surface area contributed by atoms with Crippen LogP contribution in [0.15, 0.2) is 0 Å². The number of hydrogen-bond acceptors (Lipinski definition) is 2. The first-order valence-electron chi connectivity index (χ1n) is 4.64. The molecule has 2 saturated heterocycles. The van der Waals surface area contributed by atoms with Crippen LogP contribution in [0, 0.1) is 0 Å². The molecule has 0 radical (unpaired) electrons. The molecule has 0 aliphatic carbocycles. The van der Waals surface area contributed by atoms with E-state index < -0.39 is 0 Å². The summed E-state index contributed by atoms with van der Waals surface area (Å²) in [6.07, 6.45) is 5.75. The average molecular weight is 155 g/mol. The zero-order valence-electron chi connectivity index (χ0n) is 7.14. The summed E-state index contributed by atoms with van der Waals surface area (Å²) in [5, 5.41) is 13.4. The molecular weight excluding hydrogens is 138 g/mol. The lowest BCUT2D eigenvalue weighted by Gasteiger charge is -2.43. The van der Waals surface area contributed by atoms with Crippen LogP contribution in [0.1, 0.15) is 39.0 Å². The molecule has 2 nitrogen and oxygen atoms in total. The van der Waals surface area contributed by atoms with E-state index in [1.807, 2.05) is 6.92 Å². The monoisotopic (exact) mass is 155 g/mol. The van der Waals surface area contributed by atoms with Crippen molar-refractivity contribution in [1.29, 1.82) is 0 Å². The van der Waals surface area contributed by atoms with Crippen molar-refractivity contribution in [3.05, 3.63) is 0 Å². The van der Waals surface area contributed by atoms with Gasteiger partial charge in [-0.05, 0) is 32.6 Å². The maximum atomic E-state index is 9.84. The minimum atomic E-state index is -0.388. The molecule has 2 N–H and O–H groups in total. The normalized spacial score (nSPS) is 50.7. The highest BCUT2D eigenvalue weighted by molar-refractivity contribution is 4.95. The lowest BCUT2D eigenvalue weighted by Crippen LogP contribution is -2.54. The van der Waals surface area contributed by atoms with Crippen molar-refractivity contribution >= 4 is 0 Å². The summed E-state index contributed by atoms with van der Waals surface area (Å²) in [5.74, 6) is 0. The number of hydrogen-bond donors (Lipinski definition) is 2. The second kappa shape index (κ2) is 2.46. The van der Waals surface area contributed by atoms with Crippen LogP contribution in [0.4, 0.5) is 0 Å². The Kier molecular flexibility index (Phi) is 1.69. The zero-order valence-corrected chi connectivity index (χ0v) is 7.14. The first-order valence-corrected chi connectivity index (χ1v) is 4.64. The lowest BCUT2D eigenvalue weighted by molar-refractivity contribution is -0.0150. The van der Waals surface area contributed by atoms with Crippen molar-refractivity contribution < 1.29 is 5.11 Å². The van der Waals surface area contributed by atoms with Crippen molar-refractivity contribution in [2.75, 3.05) is 0 Å². The minimum absolute atomic E-state index is 0.388. The molecule has 2 rings (SSSR count). The highest BCUT2D eigenvalue weighted by Crippen LogP contribution is 2.31. The SMILES string of the molecule is CC1(O)CC2CCCC(C1)N2. The second-order valence-electron chi connectivity index (χ2n) is 4.40. The van der Waals surface area contributed by atoms with E-state index in [0.717, 1.165) is 12.8 Å². The molecule has 11 heavy (non-hydrogen) atoms. The van der Waals surface area contributed by atoms with Crippen LogP contribution in [-0.4, -0.2) is 22.8 Å². The Labute approximate surface area is 68.0 Å². The molecule has 64 valence electrons. The molecule has 2 heteroatoms. The van der Waals surface area contributed by atoms with Gasteiger partial charge in [0.15, 0.2) is 0 Å². The highest BCUT2D eigenvalue weighted by atomic mass is 16.3. The van der Waals surface area contributed by atoms with Crippen LogP contribution < -0.4 is 5.32 Å². The molecule has 2 heterocycles. The van der Waals surface area contributed by atoms with Crippen molar-refractivity contribution in [3.8, 4) is 0 Å².